The van der Waals surface area contributed by atoms with Gasteiger partial charge in [-0.15, -0.1) is 0 Å². The first kappa shape index (κ1) is 15.3. The van der Waals surface area contributed by atoms with Crippen molar-refractivity contribution < 1.29 is 14.6 Å². The normalized spacial score (nSPS) is 36.9. The van der Waals surface area contributed by atoms with Crippen molar-refractivity contribution >= 4 is 6.09 Å². The Labute approximate surface area is 131 Å². The Morgan fingerprint density at radius 1 is 1.32 bits per heavy atom. The summed E-state index contributed by atoms with van der Waals surface area (Å²) in [7, 11) is 0. The monoisotopic (exact) mass is 303 g/mol. The minimum absolute atomic E-state index is 0.164. The van der Waals surface area contributed by atoms with E-state index in [1.54, 1.807) is 0 Å². The molecule has 3 rings (SSSR count). The molecule has 2 saturated carbocycles. The van der Waals surface area contributed by atoms with Crippen LogP contribution in [-0.2, 0) is 11.3 Å². The van der Waals surface area contributed by atoms with E-state index in [9.17, 15) is 9.90 Å². The van der Waals surface area contributed by atoms with E-state index >= 15 is 0 Å². The second kappa shape index (κ2) is 5.92. The van der Waals surface area contributed by atoms with Crippen molar-refractivity contribution in [2.24, 2.45) is 17.8 Å². The van der Waals surface area contributed by atoms with E-state index in [0.717, 1.165) is 24.8 Å². The van der Waals surface area contributed by atoms with Crippen LogP contribution in [0.1, 0.15) is 38.7 Å². The molecule has 4 heteroatoms. The molecule has 5 atom stereocenters. The molecular weight excluding hydrogens is 278 g/mol. The van der Waals surface area contributed by atoms with Gasteiger partial charge in [0.05, 0.1) is 5.60 Å². The van der Waals surface area contributed by atoms with Crippen molar-refractivity contribution in [3.05, 3.63) is 35.9 Å². The maximum Gasteiger partial charge on any atom is 0.407 e. The van der Waals surface area contributed by atoms with E-state index < -0.39 is 5.60 Å². The number of fused-ring (bicyclic) bond motifs is 1. The van der Waals surface area contributed by atoms with Crippen molar-refractivity contribution in [2.75, 3.05) is 0 Å². The molecule has 5 unspecified atom stereocenters. The van der Waals surface area contributed by atoms with Gasteiger partial charge in [0.15, 0.2) is 0 Å². The molecule has 1 amide bonds. The van der Waals surface area contributed by atoms with Gasteiger partial charge in [-0.1, -0.05) is 37.3 Å². The van der Waals surface area contributed by atoms with Crippen molar-refractivity contribution in [1.29, 1.82) is 0 Å². The molecule has 0 saturated heterocycles. The van der Waals surface area contributed by atoms with Crippen LogP contribution in [0.2, 0.25) is 0 Å². The number of benzene rings is 1. The van der Waals surface area contributed by atoms with Crippen LogP contribution in [0.5, 0.6) is 0 Å². The fraction of sp³-hybridized carbons (Fsp3) is 0.611. The number of carbonyl (C=O) groups excluding carboxylic acids is 1. The predicted octanol–water partition coefficient (Wildman–Crippen LogP) is 3.10. The summed E-state index contributed by atoms with van der Waals surface area (Å²) >= 11 is 0. The van der Waals surface area contributed by atoms with E-state index in [0.29, 0.717) is 24.4 Å². The molecule has 2 N–H and O–H groups in total. The summed E-state index contributed by atoms with van der Waals surface area (Å²) in [4.78, 5) is 11.9. The summed E-state index contributed by atoms with van der Waals surface area (Å²) in [5, 5.41) is 13.4. The Morgan fingerprint density at radius 2 is 2.05 bits per heavy atom. The number of amides is 1. The van der Waals surface area contributed by atoms with Gasteiger partial charge in [-0.3, -0.25) is 0 Å². The van der Waals surface area contributed by atoms with Crippen LogP contribution in [-0.4, -0.2) is 22.8 Å². The van der Waals surface area contributed by atoms with Gasteiger partial charge in [0.2, 0.25) is 0 Å². The summed E-state index contributed by atoms with van der Waals surface area (Å²) < 4.78 is 5.28. The first-order valence-electron chi connectivity index (χ1n) is 8.14. The largest absolute Gasteiger partial charge is 0.445 e. The average molecular weight is 303 g/mol. The zero-order valence-corrected chi connectivity index (χ0v) is 13.3. The van der Waals surface area contributed by atoms with Crippen molar-refractivity contribution in [3.8, 4) is 0 Å². The summed E-state index contributed by atoms with van der Waals surface area (Å²) in [6.07, 6.45) is 2.34. The number of hydrogen-bond donors (Lipinski definition) is 2. The fourth-order valence-corrected chi connectivity index (χ4v) is 4.05. The molecule has 0 heterocycles. The number of ether oxygens (including phenoxy) is 1. The van der Waals surface area contributed by atoms with Gasteiger partial charge < -0.3 is 15.2 Å². The topological polar surface area (TPSA) is 58.6 Å². The smallest absolute Gasteiger partial charge is 0.407 e. The lowest BCUT2D eigenvalue weighted by Gasteiger charge is -2.25. The second-order valence-electron chi connectivity index (χ2n) is 7.31. The Hall–Kier alpha value is -1.55. The minimum atomic E-state index is -0.608. The molecule has 0 radical (unpaired) electrons. The molecule has 0 spiro atoms. The van der Waals surface area contributed by atoms with Crippen molar-refractivity contribution in [3.63, 3.8) is 0 Å². The van der Waals surface area contributed by atoms with Gasteiger partial charge in [0, 0.05) is 6.04 Å². The molecule has 0 aromatic heterocycles. The number of alkyl carbamates (subject to hydrolysis) is 1. The van der Waals surface area contributed by atoms with E-state index in [4.69, 9.17) is 4.74 Å². The highest BCUT2D eigenvalue weighted by Crippen LogP contribution is 2.52. The highest BCUT2D eigenvalue weighted by molar-refractivity contribution is 5.68. The molecule has 1 aromatic carbocycles. The molecule has 22 heavy (non-hydrogen) atoms. The third-order valence-corrected chi connectivity index (χ3v) is 4.97. The van der Waals surface area contributed by atoms with Crippen LogP contribution in [0.4, 0.5) is 4.79 Å². The summed E-state index contributed by atoms with van der Waals surface area (Å²) in [5.74, 6) is 1.38. The first-order valence-corrected chi connectivity index (χ1v) is 8.14. The van der Waals surface area contributed by atoms with E-state index in [2.05, 4.69) is 12.2 Å². The van der Waals surface area contributed by atoms with Crippen molar-refractivity contribution in [2.45, 2.75) is 51.4 Å². The third-order valence-electron chi connectivity index (χ3n) is 4.97. The highest BCUT2D eigenvalue weighted by atomic mass is 16.5. The van der Waals surface area contributed by atoms with E-state index in [1.807, 2.05) is 37.3 Å². The number of rotatable bonds is 3. The van der Waals surface area contributed by atoms with Crippen LogP contribution in [0, 0.1) is 17.8 Å². The lowest BCUT2D eigenvalue weighted by Crippen LogP contribution is -2.32. The molecule has 2 aliphatic carbocycles. The van der Waals surface area contributed by atoms with E-state index in [-0.39, 0.29) is 12.1 Å². The molecule has 1 aromatic rings. The zero-order valence-electron chi connectivity index (χ0n) is 13.3. The summed E-state index contributed by atoms with van der Waals surface area (Å²) in [5.41, 5.74) is 0.377. The van der Waals surface area contributed by atoms with Gasteiger partial charge in [0.25, 0.3) is 0 Å². The maximum absolute atomic E-state index is 11.9. The third kappa shape index (κ3) is 3.61. The average Bonchev–Trinajstić information content (AvgIpc) is 3.09. The molecule has 0 bridgehead atoms. The standard InChI is InChI=1S/C18H25NO3/c1-12-8-14-15(10-18(2,21)9-12)16(14)19-17(20)22-11-13-6-4-3-5-7-13/h3-7,12,14-16,21H,8-11H2,1-2H3,(H,19,20). The Morgan fingerprint density at radius 3 is 2.77 bits per heavy atom. The van der Waals surface area contributed by atoms with Crippen LogP contribution >= 0.6 is 0 Å². The van der Waals surface area contributed by atoms with Crippen LogP contribution < -0.4 is 5.32 Å². The SMILES string of the molecule is CC1CC2C(CC(C)(O)C1)C2NC(=O)OCc1ccccc1. The lowest BCUT2D eigenvalue weighted by atomic mass is 9.89. The fourth-order valence-electron chi connectivity index (χ4n) is 4.05. The Balaban J connectivity index is 1.49. The van der Waals surface area contributed by atoms with Gasteiger partial charge >= 0.3 is 6.09 Å². The maximum atomic E-state index is 11.9. The quantitative estimate of drug-likeness (QED) is 0.902. The predicted molar refractivity (Wildman–Crippen MR) is 84.2 cm³/mol. The van der Waals surface area contributed by atoms with Gasteiger partial charge in [0.1, 0.15) is 6.61 Å². The summed E-state index contributed by atoms with van der Waals surface area (Å²) in [6, 6.07) is 9.84. The van der Waals surface area contributed by atoms with E-state index in [1.165, 1.54) is 0 Å². The molecule has 0 aliphatic heterocycles. The zero-order chi connectivity index (χ0) is 15.7. The number of aliphatic hydroxyl groups is 1. The number of carbonyl (C=O) groups is 1. The summed E-state index contributed by atoms with van der Waals surface area (Å²) in [6.45, 7) is 4.39. The van der Waals surface area contributed by atoms with Gasteiger partial charge in [-0.05, 0) is 49.5 Å². The van der Waals surface area contributed by atoms with Crippen LogP contribution in [0.3, 0.4) is 0 Å². The Kier molecular flexibility index (Phi) is 4.13. The second-order valence-corrected chi connectivity index (χ2v) is 7.31. The molecule has 4 nitrogen and oxygen atoms in total. The van der Waals surface area contributed by atoms with Gasteiger partial charge in [-0.2, -0.15) is 0 Å². The van der Waals surface area contributed by atoms with Crippen LogP contribution in [0.15, 0.2) is 30.3 Å². The number of hydrogen-bond acceptors (Lipinski definition) is 3. The van der Waals surface area contributed by atoms with Crippen molar-refractivity contribution in [1.82, 2.24) is 5.32 Å². The Bertz CT molecular complexity index is 528. The first-order chi connectivity index (χ1) is 10.4. The minimum Gasteiger partial charge on any atom is -0.445 e. The molecule has 120 valence electrons. The van der Waals surface area contributed by atoms with Crippen LogP contribution in [0.25, 0.3) is 0 Å². The molecular formula is C18H25NO3. The lowest BCUT2D eigenvalue weighted by molar-refractivity contribution is 0.0265. The molecule has 2 aliphatic rings. The molecule has 2 fully saturated rings. The number of nitrogens with one attached hydrogen (secondary N) is 1. The van der Waals surface area contributed by atoms with Gasteiger partial charge in [-0.25, -0.2) is 4.79 Å². The highest BCUT2D eigenvalue weighted by Gasteiger charge is 2.55.